The van der Waals surface area contributed by atoms with Crippen molar-refractivity contribution in [3.8, 4) is 0 Å². The minimum absolute atomic E-state index is 0.0411. The van der Waals surface area contributed by atoms with Crippen molar-refractivity contribution in [2.24, 2.45) is 0 Å². The smallest absolute Gasteiger partial charge is 0.289 e. The van der Waals surface area contributed by atoms with Crippen LogP contribution >= 0.6 is 0 Å². The number of furan rings is 1. The van der Waals surface area contributed by atoms with Gasteiger partial charge in [-0.05, 0) is 31.2 Å². The third kappa shape index (κ3) is 3.55. The summed E-state index contributed by atoms with van der Waals surface area (Å²) in [5, 5.41) is 12.0. The summed E-state index contributed by atoms with van der Waals surface area (Å²) in [6.45, 7) is 2.35. The van der Waals surface area contributed by atoms with E-state index in [0.29, 0.717) is 5.58 Å². The van der Waals surface area contributed by atoms with Crippen LogP contribution in [0.1, 0.15) is 16.1 Å². The van der Waals surface area contributed by atoms with Gasteiger partial charge in [-0.3, -0.25) is 14.9 Å². The Morgan fingerprint density at radius 1 is 1.07 bits per heavy atom. The lowest BCUT2D eigenvalue weighted by Crippen LogP contribution is -2.50. The topological polar surface area (TPSA) is 114 Å². The summed E-state index contributed by atoms with van der Waals surface area (Å²) in [5.74, 6) is -0.114. The molecule has 0 N–H and O–H groups in total. The molecule has 10 heteroatoms. The minimum atomic E-state index is -4.05. The molecular formula is C20H19N3O6S. The second-order valence-corrected chi connectivity index (χ2v) is 8.98. The van der Waals surface area contributed by atoms with Gasteiger partial charge in [0.1, 0.15) is 5.58 Å². The average molecular weight is 429 g/mol. The number of para-hydroxylation sites is 1. The number of rotatable bonds is 4. The van der Waals surface area contributed by atoms with Crippen molar-refractivity contribution in [2.45, 2.75) is 11.8 Å². The lowest BCUT2D eigenvalue weighted by Gasteiger charge is -2.33. The van der Waals surface area contributed by atoms with Crippen LogP contribution in [0.15, 0.2) is 57.8 Å². The molecule has 0 aliphatic carbocycles. The molecule has 1 aromatic heterocycles. The molecule has 2 aromatic carbocycles. The van der Waals surface area contributed by atoms with E-state index in [1.807, 2.05) is 19.1 Å². The van der Waals surface area contributed by atoms with Crippen LogP contribution in [-0.4, -0.2) is 54.6 Å². The summed E-state index contributed by atoms with van der Waals surface area (Å²) >= 11 is 0. The van der Waals surface area contributed by atoms with Crippen LogP contribution in [0.2, 0.25) is 0 Å². The highest BCUT2D eigenvalue weighted by molar-refractivity contribution is 7.89. The standard InChI is InChI=1S/C20H19N3O6S/c1-14-6-7-17-15(12-14)13-18(29-17)20(24)21-8-10-22(11-9-21)30(27,28)19-5-3-2-4-16(19)23(25)26/h2-7,12-13H,8-11H2,1H3. The molecule has 0 atom stereocenters. The van der Waals surface area contributed by atoms with Crippen molar-refractivity contribution in [1.82, 2.24) is 9.21 Å². The number of nitrogens with zero attached hydrogens (tertiary/aromatic N) is 3. The first-order valence-electron chi connectivity index (χ1n) is 9.30. The zero-order valence-corrected chi connectivity index (χ0v) is 17.0. The fourth-order valence-electron chi connectivity index (χ4n) is 3.52. The third-order valence-electron chi connectivity index (χ3n) is 5.09. The largest absolute Gasteiger partial charge is 0.451 e. The summed E-state index contributed by atoms with van der Waals surface area (Å²) < 4.78 is 32.6. The highest BCUT2D eigenvalue weighted by atomic mass is 32.2. The van der Waals surface area contributed by atoms with E-state index in [9.17, 15) is 23.3 Å². The van der Waals surface area contributed by atoms with Gasteiger partial charge in [-0.25, -0.2) is 8.42 Å². The third-order valence-corrected chi connectivity index (χ3v) is 7.03. The van der Waals surface area contributed by atoms with Gasteiger partial charge in [0.2, 0.25) is 10.0 Å². The SMILES string of the molecule is Cc1ccc2oc(C(=O)N3CCN(S(=O)(=O)c4ccccc4[N+](=O)[O-])CC3)cc2c1. The second-order valence-electron chi connectivity index (χ2n) is 7.07. The normalized spacial score (nSPS) is 15.4. The average Bonchev–Trinajstić information content (AvgIpc) is 3.16. The maximum Gasteiger partial charge on any atom is 0.289 e. The van der Waals surface area contributed by atoms with E-state index in [0.717, 1.165) is 17.0 Å². The second kappa shape index (κ2) is 7.54. The van der Waals surface area contributed by atoms with Crippen molar-refractivity contribution >= 4 is 32.6 Å². The lowest BCUT2D eigenvalue weighted by atomic mass is 10.2. The van der Waals surface area contributed by atoms with Gasteiger partial charge in [-0.2, -0.15) is 4.31 Å². The van der Waals surface area contributed by atoms with Gasteiger partial charge in [0.25, 0.3) is 11.6 Å². The molecule has 9 nitrogen and oxygen atoms in total. The number of amides is 1. The van der Waals surface area contributed by atoms with Gasteiger partial charge in [0.15, 0.2) is 10.7 Å². The van der Waals surface area contributed by atoms with Gasteiger partial charge in [-0.15, -0.1) is 0 Å². The van der Waals surface area contributed by atoms with Crippen LogP contribution in [0.5, 0.6) is 0 Å². The Morgan fingerprint density at radius 3 is 2.47 bits per heavy atom. The number of hydrogen-bond acceptors (Lipinski definition) is 6. The van der Waals surface area contributed by atoms with E-state index in [1.165, 1.54) is 27.4 Å². The number of carbonyl (C=O) groups is 1. The predicted octanol–water partition coefficient (Wildman–Crippen LogP) is 2.80. The Labute approximate surface area is 172 Å². The molecule has 1 aliphatic rings. The fraction of sp³-hybridized carbons (Fsp3) is 0.250. The van der Waals surface area contributed by atoms with E-state index in [4.69, 9.17) is 4.42 Å². The molecule has 0 spiro atoms. The maximum absolute atomic E-state index is 12.9. The molecule has 1 aliphatic heterocycles. The first-order valence-corrected chi connectivity index (χ1v) is 10.7. The molecule has 0 bridgehead atoms. The van der Waals surface area contributed by atoms with Gasteiger partial charge in [-0.1, -0.05) is 23.8 Å². The quantitative estimate of drug-likeness (QED) is 0.465. The Kier molecular flexibility index (Phi) is 5.04. The molecule has 156 valence electrons. The summed E-state index contributed by atoms with van der Waals surface area (Å²) in [4.78, 5) is 24.5. The van der Waals surface area contributed by atoms with Gasteiger partial charge in [0, 0.05) is 37.6 Å². The van der Waals surface area contributed by atoms with Crippen LogP contribution in [0, 0.1) is 17.0 Å². The minimum Gasteiger partial charge on any atom is -0.451 e. The van der Waals surface area contributed by atoms with Crippen molar-refractivity contribution in [2.75, 3.05) is 26.2 Å². The van der Waals surface area contributed by atoms with Crippen LogP contribution in [0.4, 0.5) is 5.69 Å². The maximum atomic E-state index is 12.9. The van der Waals surface area contributed by atoms with Crippen molar-refractivity contribution in [1.29, 1.82) is 0 Å². The number of sulfonamides is 1. The lowest BCUT2D eigenvalue weighted by molar-refractivity contribution is -0.387. The van der Waals surface area contributed by atoms with Crippen LogP contribution < -0.4 is 0 Å². The van der Waals surface area contributed by atoms with E-state index in [-0.39, 0.29) is 42.7 Å². The predicted molar refractivity (Wildman–Crippen MR) is 109 cm³/mol. The molecule has 30 heavy (non-hydrogen) atoms. The van der Waals surface area contributed by atoms with Crippen molar-refractivity contribution in [3.63, 3.8) is 0 Å². The summed E-state index contributed by atoms with van der Waals surface area (Å²) in [6.07, 6.45) is 0. The summed E-state index contributed by atoms with van der Waals surface area (Å²) in [5.41, 5.74) is 1.20. The molecule has 3 aromatic rings. The Balaban J connectivity index is 1.50. The number of piperazine rings is 1. The number of hydrogen-bond donors (Lipinski definition) is 0. The molecule has 1 saturated heterocycles. The van der Waals surface area contributed by atoms with Gasteiger partial charge < -0.3 is 9.32 Å². The van der Waals surface area contributed by atoms with Gasteiger partial charge in [0.05, 0.1) is 4.92 Å². The van der Waals surface area contributed by atoms with Crippen molar-refractivity contribution in [3.05, 3.63) is 70.0 Å². The Bertz CT molecular complexity index is 1240. The number of fused-ring (bicyclic) bond motifs is 1. The van der Waals surface area contributed by atoms with Crippen LogP contribution in [0.25, 0.3) is 11.0 Å². The number of benzene rings is 2. The summed E-state index contributed by atoms with van der Waals surface area (Å²) in [7, 11) is -4.05. The molecule has 2 heterocycles. The van der Waals surface area contributed by atoms with Gasteiger partial charge >= 0.3 is 0 Å². The van der Waals surface area contributed by atoms with Crippen LogP contribution in [-0.2, 0) is 10.0 Å². The monoisotopic (exact) mass is 429 g/mol. The van der Waals surface area contributed by atoms with Crippen molar-refractivity contribution < 1.29 is 22.6 Å². The highest BCUT2D eigenvalue weighted by Gasteiger charge is 2.35. The number of aryl methyl sites for hydroxylation is 1. The molecule has 0 radical (unpaired) electrons. The molecule has 0 saturated carbocycles. The Morgan fingerprint density at radius 2 is 1.77 bits per heavy atom. The van der Waals surface area contributed by atoms with E-state index in [2.05, 4.69) is 0 Å². The number of nitro groups is 1. The molecule has 1 amide bonds. The zero-order chi connectivity index (χ0) is 21.5. The van der Waals surface area contributed by atoms with E-state index < -0.39 is 20.6 Å². The van der Waals surface area contributed by atoms with E-state index in [1.54, 1.807) is 12.1 Å². The molecule has 4 rings (SSSR count). The first-order chi connectivity index (χ1) is 14.3. The Hall–Kier alpha value is -3.24. The number of nitro benzene ring substituents is 1. The molecule has 1 fully saturated rings. The zero-order valence-electron chi connectivity index (χ0n) is 16.1. The van der Waals surface area contributed by atoms with Crippen LogP contribution in [0.3, 0.4) is 0 Å². The molecule has 0 unspecified atom stereocenters. The fourth-order valence-corrected chi connectivity index (χ4v) is 5.10. The summed E-state index contributed by atoms with van der Waals surface area (Å²) in [6, 6.07) is 12.6. The van der Waals surface area contributed by atoms with E-state index >= 15 is 0 Å². The molecular weight excluding hydrogens is 410 g/mol. The number of carbonyl (C=O) groups excluding carboxylic acids is 1. The highest BCUT2D eigenvalue weighted by Crippen LogP contribution is 2.27. The first kappa shape index (κ1) is 20.0.